The van der Waals surface area contributed by atoms with Crippen molar-refractivity contribution in [3.8, 4) is 5.75 Å². The monoisotopic (exact) mass is 282 g/mol. The Bertz CT molecular complexity index is 370. The molecule has 0 aliphatic heterocycles. The van der Waals surface area contributed by atoms with Crippen LogP contribution in [0, 0.1) is 0 Å². The molecule has 0 fully saturated rings. The van der Waals surface area contributed by atoms with Gasteiger partial charge in [-0.25, -0.2) is 0 Å². The third-order valence-corrected chi connectivity index (χ3v) is 2.52. The molecule has 0 bridgehead atoms. The molecule has 0 aliphatic rings. The van der Waals surface area contributed by atoms with Gasteiger partial charge in [0.25, 0.3) is 0 Å². The summed E-state index contributed by atoms with van der Waals surface area (Å²) in [5.41, 5.74) is 0. The summed E-state index contributed by atoms with van der Waals surface area (Å²) in [4.78, 5) is 10.3. The minimum Gasteiger partial charge on any atom is -0.490 e. The second-order valence-electron chi connectivity index (χ2n) is 3.04. The van der Waals surface area contributed by atoms with Gasteiger partial charge in [-0.1, -0.05) is 34.8 Å². The van der Waals surface area contributed by atoms with Crippen LogP contribution in [-0.2, 0) is 4.79 Å². The van der Waals surface area contributed by atoms with E-state index in [2.05, 4.69) is 0 Å². The maximum absolute atomic E-state index is 10.3. The van der Waals surface area contributed by atoms with Gasteiger partial charge < -0.3 is 9.84 Å². The highest BCUT2D eigenvalue weighted by atomic mass is 35.5. The van der Waals surface area contributed by atoms with Gasteiger partial charge in [0, 0.05) is 11.4 Å². The normalized spacial score (nSPS) is 10.2. The van der Waals surface area contributed by atoms with Crippen LogP contribution in [0.3, 0.4) is 0 Å². The Kier molecular flexibility index (Phi) is 5.19. The Balaban J connectivity index is 2.57. The molecule has 3 nitrogen and oxygen atoms in total. The molecule has 0 saturated heterocycles. The number of halogens is 3. The van der Waals surface area contributed by atoms with Crippen molar-refractivity contribution in [1.82, 2.24) is 0 Å². The smallest absolute Gasteiger partial charge is 0.303 e. The minimum absolute atomic E-state index is 0.0445. The Morgan fingerprint density at radius 2 is 1.81 bits per heavy atom. The molecule has 1 aromatic rings. The quantitative estimate of drug-likeness (QED) is 0.834. The summed E-state index contributed by atoms with van der Waals surface area (Å²) in [7, 11) is 0. The van der Waals surface area contributed by atoms with E-state index in [0.717, 1.165) is 0 Å². The third-order valence-electron chi connectivity index (χ3n) is 1.74. The standard InChI is InChI=1S/C10H9Cl3O3/c11-6-4-7(12)10(8(13)5-6)16-3-1-2-9(14)15/h4-5H,1-3H2,(H,14,15). The molecule has 0 saturated carbocycles. The Labute approximate surface area is 108 Å². The number of carbonyl (C=O) groups is 1. The Morgan fingerprint density at radius 1 is 1.25 bits per heavy atom. The van der Waals surface area contributed by atoms with Crippen molar-refractivity contribution in [2.45, 2.75) is 12.8 Å². The average molecular weight is 284 g/mol. The highest BCUT2D eigenvalue weighted by Gasteiger charge is 2.09. The average Bonchev–Trinajstić information content (AvgIpc) is 2.14. The Hall–Kier alpha value is -0.640. The lowest BCUT2D eigenvalue weighted by Crippen LogP contribution is -2.02. The zero-order valence-electron chi connectivity index (χ0n) is 8.17. The van der Waals surface area contributed by atoms with Gasteiger partial charge in [0.15, 0.2) is 5.75 Å². The largest absolute Gasteiger partial charge is 0.490 e. The van der Waals surface area contributed by atoms with Crippen molar-refractivity contribution >= 4 is 40.8 Å². The molecule has 0 heterocycles. The van der Waals surface area contributed by atoms with Crippen LogP contribution in [0.25, 0.3) is 0 Å². The van der Waals surface area contributed by atoms with E-state index in [1.54, 1.807) is 0 Å². The molecule has 0 aromatic heterocycles. The zero-order valence-corrected chi connectivity index (χ0v) is 10.4. The maximum Gasteiger partial charge on any atom is 0.303 e. The summed E-state index contributed by atoms with van der Waals surface area (Å²) >= 11 is 17.5. The van der Waals surface area contributed by atoms with Gasteiger partial charge in [0.1, 0.15) is 0 Å². The van der Waals surface area contributed by atoms with Crippen LogP contribution in [0.1, 0.15) is 12.8 Å². The highest BCUT2D eigenvalue weighted by Crippen LogP contribution is 2.35. The molecular formula is C10H9Cl3O3. The van der Waals surface area contributed by atoms with E-state index < -0.39 is 5.97 Å². The summed E-state index contributed by atoms with van der Waals surface area (Å²) < 4.78 is 5.29. The molecule has 1 aromatic carbocycles. The van der Waals surface area contributed by atoms with Crippen molar-refractivity contribution in [1.29, 1.82) is 0 Å². The lowest BCUT2D eigenvalue weighted by molar-refractivity contribution is -0.137. The predicted molar refractivity (Wildman–Crippen MR) is 63.8 cm³/mol. The lowest BCUT2D eigenvalue weighted by atomic mass is 10.3. The van der Waals surface area contributed by atoms with Crippen LogP contribution >= 0.6 is 34.8 Å². The van der Waals surface area contributed by atoms with Gasteiger partial charge in [-0.3, -0.25) is 4.79 Å². The first kappa shape index (κ1) is 13.4. The fourth-order valence-electron chi connectivity index (χ4n) is 1.06. The van der Waals surface area contributed by atoms with E-state index in [1.165, 1.54) is 12.1 Å². The van der Waals surface area contributed by atoms with E-state index >= 15 is 0 Å². The van der Waals surface area contributed by atoms with E-state index in [9.17, 15) is 4.79 Å². The molecule has 0 amide bonds. The number of ether oxygens (including phenoxy) is 1. The molecule has 0 spiro atoms. The molecule has 1 rings (SSSR count). The predicted octanol–water partition coefficient (Wildman–Crippen LogP) is 3.89. The second-order valence-corrected chi connectivity index (χ2v) is 4.30. The summed E-state index contributed by atoms with van der Waals surface area (Å²) in [6.07, 6.45) is 0.438. The van der Waals surface area contributed by atoms with Crippen LogP contribution in [0.2, 0.25) is 15.1 Å². The van der Waals surface area contributed by atoms with Crippen molar-refractivity contribution in [3.05, 3.63) is 27.2 Å². The number of aliphatic carboxylic acids is 1. The summed E-state index contributed by atoms with van der Waals surface area (Å²) in [6.45, 7) is 0.243. The molecule has 88 valence electrons. The number of hydrogen-bond acceptors (Lipinski definition) is 2. The number of hydrogen-bond donors (Lipinski definition) is 1. The van der Waals surface area contributed by atoms with Crippen molar-refractivity contribution < 1.29 is 14.6 Å². The van der Waals surface area contributed by atoms with Crippen LogP contribution in [0.4, 0.5) is 0 Å². The highest BCUT2D eigenvalue weighted by molar-refractivity contribution is 6.40. The van der Waals surface area contributed by atoms with E-state index in [1.807, 2.05) is 0 Å². The van der Waals surface area contributed by atoms with Crippen LogP contribution < -0.4 is 4.74 Å². The van der Waals surface area contributed by atoms with E-state index in [-0.39, 0.29) is 13.0 Å². The fourth-order valence-corrected chi connectivity index (χ4v) is 1.99. The SMILES string of the molecule is O=C(O)CCCOc1c(Cl)cc(Cl)cc1Cl. The van der Waals surface area contributed by atoms with E-state index in [0.29, 0.717) is 27.2 Å². The minimum atomic E-state index is -0.864. The van der Waals surface area contributed by atoms with Crippen molar-refractivity contribution in [2.75, 3.05) is 6.61 Å². The van der Waals surface area contributed by atoms with Gasteiger partial charge in [0.2, 0.25) is 0 Å². The third kappa shape index (κ3) is 4.08. The number of rotatable bonds is 5. The van der Waals surface area contributed by atoms with Crippen molar-refractivity contribution in [2.24, 2.45) is 0 Å². The van der Waals surface area contributed by atoms with Gasteiger partial charge in [-0.05, 0) is 18.6 Å². The Morgan fingerprint density at radius 3 is 2.31 bits per heavy atom. The summed E-state index contributed by atoms with van der Waals surface area (Å²) in [5.74, 6) is -0.532. The molecule has 1 N–H and O–H groups in total. The van der Waals surface area contributed by atoms with Crippen molar-refractivity contribution in [3.63, 3.8) is 0 Å². The van der Waals surface area contributed by atoms with Crippen LogP contribution in [0.15, 0.2) is 12.1 Å². The van der Waals surface area contributed by atoms with E-state index in [4.69, 9.17) is 44.6 Å². The van der Waals surface area contributed by atoms with Crippen LogP contribution in [-0.4, -0.2) is 17.7 Å². The number of carboxylic acids is 1. The molecular weight excluding hydrogens is 274 g/mol. The first-order valence-electron chi connectivity index (χ1n) is 4.50. The summed E-state index contributed by atoms with van der Waals surface area (Å²) in [5, 5.41) is 9.48. The summed E-state index contributed by atoms with van der Waals surface area (Å²) in [6, 6.07) is 3.03. The van der Waals surface area contributed by atoms with Gasteiger partial charge in [-0.15, -0.1) is 0 Å². The maximum atomic E-state index is 10.3. The lowest BCUT2D eigenvalue weighted by Gasteiger charge is -2.09. The number of carboxylic acid groups (broad SMARTS) is 1. The van der Waals surface area contributed by atoms with Gasteiger partial charge >= 0.3 is 5.97 Å². The molecule has 0 unspecified atom stereocenters. The molecule has 0 radical (unpaired) electrons. The first-order valence-corrected chi connectivity index (χ1v) is 5.63. The first-order chi connectivity index (χ1) is 7.50. The topological polar surface area (TPSA) is 46.5 Å². The number of benzene rings is 1. The molecule has 0 atom stereocenters. The fraction of sp³-hybridized carbons (Fsp3) is 0.300. The van der Waals surface area contributed by atoms with Gasteiger partial charge in [0.05, 0.1) is 16.7 Å². The second kappa shape index (κ2) is 6.18. The molecule has 16 heavy (non-hydrogen) atoms. The molecule has 0 aliphatic carbocycles. The molecule has 6 heteroatoms. The zero-order chi connectivity index (χ0) is 12.1. The van der Waals surface area contributed by atoms with Gasteiger partial charge in [-0.2, -0.15) is 0 Å². The van der Waals surface area contributed by atoms with Crippen LogP contribution in [0.5, 0.6) is 5.75 Å².